The Morgan fingerprint density at radius 2 is 1.38 bits per heavy atom. The Labute approximate surface area is 188 Å². The van der Waals surface area contributed by atoms with Crippen molar-refractivity contribution in [2.45, 2.75) is 47.6 Å². The van der Waals surface area contributed by atoms with E-state index in [1.165, 1.54) is 24.3 Å². The van der Waals surface area contributed by atoms with Crippen molar-refractivity contribution in [1.29, 1.82) is 0 Å². The molecular formula is C21H26Br2F2O4. The first-order valence-corrected chi connectivity index (χ1v) is 9.57. The topological polar surface area (TPSA) is 63.6 Å². The van der Waals surface area contributed by atoms with E-state index in [4.69, 9.17) is 11.2 Å². The molecule has 0 spiro atoms. The fourth-order valence-corrected chi connectivity index (χ4v) is 2.32. The molecule has 0 aliphatic rings. The van der Waals surface area contributed by atoms with Gasteiger partial charge in [-0.2, -0.15) is 0 Å². The molecule has 0 heterocycles. The van der Waals surface area contributed by atoms with Gasteiger partial charge in [0.1, 0.15) is 17.2 Å². The molecule has 0 unspecified atom stereocenters. The number of hydrogen-bond acceptors (Lipinski definition) is 3. The van der Waals surface area contributed by atoms with E-state index in [1.807, 2.05) is 0 Å². The Balaban J connectivity index is 0. The van der Waals surface area contributed by atoms with Crippen LogP contribution < -0.4 is 0 Å². The Kier molecular flexibility index (Phi) is 12.6. The minimum absolute atomic E-state index is 0. The molecule has 0 bridgehead atoms. The first kappa shape index (κ1) is 27.2. The van der Waals surface area contributed by atoms with Gasteiger partial charge in [-0.1, -0.05) is 53.1 Å². The quantitative estimate of drug-likeness (QED) is 0.401. The van der Waals surface area contributed by atoms with Crippen molar-refractivity contribution in [2.75, 3.05) is 0 Å². The summed E-state index contributed by atoms with van der Waals surface area (Å²) in [6, 6.07) is 8.03. The average molecular weight is 541 g/mol. The van der Waals surface area contributed by atoms with Gasteiger partial charge in [0.2, 0.25) is 0 Å². The maximum atomic E-state index is 13.3. The minimum Gasteiger partial charge on any atom is -0.478 e. The molecule has 0 aliphatic heterocycles. The smallest absolute Gasteiger partial charge is 0.341 e. The lowest BCUT2D eigenvalue weighted by molar-refractivity contribution is 0.00644. The number of benzene rings is 2. The zero-order chi connectivity index (χ0) is 22.8. The van der Waals surface area contributed by atoms with E-state index in [1.54, 1.807) is 33.8 Å². The molecular weight excluding hydrogens is 514 g/mol. The molecule has 0 fully saturated rings. The molecule has 1 N–H and O–H groups in total. The normalized spacial score (nSPS) is 10.1. The molecule has 162 valence electrons. The van der Waals surface area contributed by atoms with Crippen molar-refractivity contribution in [3.8, 4) is 0 Å². The number of ether oxygens (including phenoxy) is 1. The summed E-state index contributed by atoms with van der Waals surface area (Å²) in [6.45, 7) is 7.50. The average Bonchev–Trinajstić information content (AvgIpc) is 2.53. The van der Waals surface area contributed by atoms with E-state index in [-0.39, 0.29) is 18.6 Å². The van der Waals surface area contributed by atoms with Gasteiger partial charge >= 0.3 is 11.9 Å². The van der Waals surface area contributed by atoms with Crippen molar-refractivity contribution in [2.24, 2.45) is 0 Å². The second kappa shape index (κ2) is 13.4. The van der Waals surface area contributed by atoms with Crippen LogP contribution in [-0.4, -0.2) is 22.6 Å². The van der Waals surface area contributed by atoms with Gasteiger partial charge in [-0.05, 0) is 57.2 Å². The Bertz CT molecular complexity index is 840. The maximum Gasteiger partial charge on any atom is 0.341 e. The largest absolute Gasteiger partial charge is 0.478 e. The third-order valence-electron chi connectivity index (χ3n) is 2.71. The standard InChI is InChI=1S/C11H12BrFO2.C7H4BrFO2.C2H6.CH4/c1-11(2,3)15-10(14)8-5-4-7(12)6-9(8)13;8-4-1-2-5(7(10)11)6(9)3-4;1-2;/h4-6H,1-3H3;1-3H,(H,10,11);1-2H3;1H4/i;;1D;. The molecule has 2 aromatic rings. The van der Waals surface area contributed by atoms with Crippen LogP contribution in [0.5, 0.6) is 0 Å². The molecule has 2 aromatic carbocycles. The van der Waals surface area contributed by atoms with Crippen LogP contribution in [-0.2, 0) is 4.74 Å². The highest BCUT2D eigenvalue weighted by Gasteiger charge is 2.20. The van der Waals surface area contributed by atoms with Crippen LogP contribution in [0.4, 0.5) is 8.78 Å². The predicted molar refractivity (Wildman–Crippen MR) is 118 cm³/mol. The van der Waals surface area contributed by atoms with Gasteiger partial charge in [0.05, 0.1) is 11.1 Å². The molecule has 0 atom stereocenters. The van der Waals surface area contributed by atoms with Gasteiger partial charge in [0, 0.05) is 10.3 Å². The molecule has 0 saturated heterocycles. The van der Waals surface area contributed by atoms with E-state index >= 15 is 0 Å². The summed E-state index contributed by atoms with van der Waals surface area (Å²) in [4.78, 5) is 21.8. The van der Waals surface area contributed by atoms with Gasteiger partial charge in [-0.15, -0.1) is 0 Å². The van der Waals surface area contributed by atoms with Crippen LogP contribution in [0.1, 0.15) is 64.1 Å². The van der Waals surface area contributed by atoms with E-state index in [0.717, 1.165) is 6.07 Å². The fourth-order valence-electron chi connectivity index (χ4n) is 1.65. The summed E-state index contributed by atoms with van der Waals surface area (Å²) >= 11 is 6.13. The molecule has 0 radical (unpaired) electrons. The van der Waals surface area contributed by atoms with E-state index in [0.29, 0.717) is 15.8 Å². The van der Waals surface area contributed by atoms with E-state index in [2.05, 4.69) is 31.9 Å². The molecule has 8 heteroatoms. The van der Waals surface area contributed by atoms with Gasteiger partial charge in [0.15, 0.2) is 0 Å². The number of halogens is 4. The number of rotatable bonds is 2. The highest BCUT2D eigenvalue weighted by Crippen LogP contribution is 2.18. The van der Waals surface area contributed by atoms with Crippen LogP contribution in [0.25, 0.3) is 0 Å². The lowest BCUT2D eigenvalue weighted by Gasteiger charge is -2.19. The van der Waals surface area contributed by atoms with Crippen LogP contribution >= 0.6 is 31.9 Å². The maximum absolute atomic E-state index is 13.3. The summed E-state index contributed by atoms with van der Waals surface area (Å²) in [6.07, 6.45) is 0. The van der Waals surface area contributed by atoms with Crippen LogP contribution in [0.15, 0.2) is 45.3 Å². The molecule has 0 aliphatic carbocycles. The monoisotopic (exact) mass is 539 g/mol. The predicted octanol–water partition coefficient (Wildman–Crippen LogP) is 7.49. The number of esters is 1. The van der Waals surface area contributed by atoms with Gasteiger partial charge in [-0.3, -0.25) is 0 Å². The van der Waals surface area contributed by atoms with Gasteiger partial charge in [0.25, 0.3) is 0 Å². The second-order valence-corrected chi connectivity index (χ2v) is 7.89. The lowest BCUT2D eigenvalue weighted by atomic mass is 10.1. The molecule has 0 amide bonds. The molecule has 4 nitrogen and oxygen atoms in total. The number of carboxylic acids is 1. The van der Waals surface area contributed by atoms with E-state index < -0.39 is 29.2 Å². The highest BCUT2D eigenvalue weighted by molar-refractivity contribution is 9.10. The van der Waals surface area contributed by atoms with Gasteiger partial charge < -0.3 is 9.84 Å². The Morgan fingerprint density at radius 3 is 1.69 bits per heavy atom. The van der Waals surface area contributed by atoms with Crippen LogP contribution in [0.2, 0.25) is 0 Å². The summed E-state index contributed by atoms with van der Waals surface area (Å²) in [7, 11) is 0. The third kappa shape index (κ3) is 11.1. The number of hydrogen-bond donors (Lipinski definition) is 1. The first-order chi connectivity index (χ1) is 13.3. The van der Waals surface area contributed by atoms with Crippen molar-refractivity contribution in [3.63, 3.8) is 0 Å². The van der Waals surface area contributed by atoms with Crippen molar-refractivity contribution in [3.05, 3.63) is 68.1 Å². The summed E-state index contributed by atoms with van der Waals surface area (Å²) in [5.74, 6) is -3.21. The Hall–Kier alpha value is -1.80. The SMILES string of the molecule is C.CC(C)(C)OC(=O)c1ccc(Br)cc1F.O=C(O)c1ccc(Br)cc1F.[2H]CC. The van der Waals surface area contributed by atoms with Crippen molar-refractivity contribution in [1.82, 2.24) is 0 Å². The third-order valence-corrected chi connectivity index (χ3v) is 3.70. The number of aromatic carboxylic acids is 1. The Morgan fingerprint density at radius 1 is 1.00 bits per heavy atom. The zero-order valence-electron chi connectivity index (χ0n) is 16.9. The molecule has 29 heavy (non-hydrogen) atoms. The van der Waals surface area contributed by atoms with Crippen LogP contribution in [0.3, 0.4) is 0 Å². The number of carbonyl (C=O) groups is 2. The first-order valence-electron chi connectivity index (χ1n) is 8.69. The molecule has 0 aromatic heterocycles. The summed E-state index contributed by atoms with van der Waals surface area (Å²) in [5, 5.41) is 8.40. The highest BCUT2D eigenvalue weighted by atomic mass is 79.9. The summed E-state index contributed by atoms with van der Waals surface area (Å²) in [5.41, 5.74) is -0.974. The molecule has 0 saturated carbocycles. The minimum atomic E-state index is -1.25. The molecule has 2 rings (SSSR count). The second-order valence-electron chi connectivity index (χ2n) is 6.06. The number of carbonyl (C=O) groups excluding carboxylic acids is 1. The fraction of sp³-hybridized carbons (Fsp3) is 0.333. The lowest BCUT2D eigenvalue weighted by Crippen LogP contribution is -2.24. The van der Waals surface area contributed by atoms with Crippen molar-refractivity contribution < 1.29 is 29.6 Å². The zero-order valence-corrected chi connectivity index (χ0v) is 19.0. The van der Waals surface area contributed by atoms with E-state index in [9.17, 15) is 18.4 Å². The van der Waals surface area contributed by atoms with Crippen molar-refractivity contribution >= 4 is 43.8 Å². The van der Waals surface area contributed by atoms with Gasteiger partial charge in [-0.25, -0.2) is 18.4 Å². The van der Waals surface area contributed by atoms with Crippen LogP contribution in [0, 0.1) is 11.6 Å². The number of carboxylic acid groups (broad SMARTS) is 1. The summed E-state index contributed by atoms with van der Waals surface area (Å²) < 4.78 is 38.4.